The molecule has 4 amide bonds. The summed E-state index contributed by atoms with van der Waals surface area (Å²) in [5.74, 6) is -0.533. The van der Waals surface area contributed by atoms with Gasteiger partial charge in [-0.3, -0.25) is 19.2 Å². The number of fused-ring (bicyclic) bond motifs is 2. The molecule has 0 N–H and O–H groups in total. The van der Waals surface area contributed by atoms with Crippen LogP contribution in [-0.4, -0.2) is 35.8 Å². The molecule has 0 saturated heterocycles. The molecule has 8 nitrogen and oxygen atoms in total. The fraction of sp³-hybridized carbons (Fsp3) is 0.444. The van der Waals surface area contributed by atoms with Crippen molar-refractivity contribution < 1.29 is 28.7 Å². The van der Waals surface area contributed by atoms with E-state index in [0.29, 0.717) is 56.9 Å². The lowest BCUT2D eigenvalue weighted by Gasteiger charge is -2.33. The first kappa shape index (κ1) is 33.5. The van der Waals surface area contributed by atoms with E-state index in [0.717, 1.165) is 64.2 Å². The van der Waals surface area contributed by atoms with Crippen molar-refractivity contribution in [2.45, 2.75) is 89.3 Å². The second kappa shape index (κ2) is 13.7. The van der Waals surface area contributed by atoms with E-state index >= 15 is 0 Å². The number of nitrogens with zero attached hydrogens (tertiary/aromatic N) is 2. The van der Waals surface area contributed by atoms with Gasteiger partial charge in [-0.05, 0) is 89.2 Å². The molecule has 4 aliphatic carbocycles. The maximum absolute atomic E-state index is 12.8. The van der Waals surface area contributed by atoms with Gasteiger partial charge in [-0.2, -0.15) is 0 Å². The third-order valence-electron chi connectivity index (χ3n) is 9.66. The molecule has 6 aliphatic rings. The molecule has 8 rings (SSSR count). The van der Waals surface area contributed by atoms with Gasteiger partial charge in [-0.1, -0.05) is 58.6 Å². The molecular weight excluding hydrogens is 698 g/mol. The molecule has 0 radical (unpaired) electrons. The van der Waals surface area contributed by atoms with Crippen molar-refractivity contribution in [3.8, 4) is 11.5 Å². The lowest BCUT2D eigenvalue weighted by atomic mass is 9.85. The second-order valence-corrected chi connectivity index (χ2v) is 14.8. The Labute approximate surface area is 298 Å². The lowest BCUT2D eigenvalue weighted by molar-refractivity contribution is -0.129. The minimum Gasteiger partial charge on any atom is -0.489 e. The van der Waals surface area contributed by atoms with Crippen LogP contribution in [0.3, 0.4) is 0 Å². The highest BCUT2D eigenvalue weighted by Crippen LogP contribution is 2.44. The number of ether oxygens (including phenoxy) is 2. The summed E-state index contributed by atoms with van der Waals surface area (Å²) >= 11 is 25.1. The molecule has 252 valence electrons. The predicted octanol–water partition coefficient (Wildman–Crippen LogP) is 9.05. The van der Waals surface area contributed by atoms with Crippen LogP contribution in [0, 0.1) is 11.8 Å². The van der Waals surface area contributed by atoms with Gasteiger partial charge in [0.05, 0.1) is 55.5 Å². The van der Waals surface area contributed by atoms with Crippen molar-refractivity contribution in [1.29, 1.82) is 0 Å². The largest absolute Gasteiger partial charge is 0.489 e. The minimum atomic E-state index is -0.285. The highest BCUT2D eigenvalue weighted by Gasteiger charge is 2.41. The number of carbonyl (C=O) groups is 4. The van der Waals surface area contributed by atoms with E-state index in [1.165, 1.54) is 15.9 Å². The van der Waals surface area contributed by atoms with Gasteiger partial charge in [0.1, 0.15) is 11.5 Å². The Bertz CT molecular complexity index is 1760. The molecule has 2 aromatic rings. The van der Waals surface area contributed by atoms with Crippen LogP contribution in [0.5, 0.6) is 11.5 Å². The summed E-state index contributed by atoms with van der Waals surface area (Å²) in [5, 5.41) is 1.35. The van der Waals surface area contributed by atoms with Gasteiger partial charge < -0.3 is 9.47 Å². The van der Waals surface area contributed by atoms with Crippen LogP contribution in [-0.2, 0) is 19.2 Å². The topological polar surface area (TPSA) is 93.2 Å². The number of hydrogen-bond acceptors (Lipinski definition) is 6. The van der Waals surface area contributed by atoms with Gasteiger partial charge in [-0.15, -0.1) is 0 Å². The van der Waals surface area contributed by atoms with Gasteiger partial charge in [0.2, 0.25) is 11.8 Å². The Morgan fingerprint density at radius 1 is 0.521 bits per heavy atom. The number of imide groups is 2. The zero-order valence-corrected chi connectivity index (χ0v) is 29.1. The van der Waals surface area contributed by atoms with Crippen molar-refractivity contribution in [2.75, 3.05) is 9.80 Å². The van der Waals surface area contributed by atoms with E-state index in [1.54, 1.807) is 24.3 Å². The number of hydrogen-bond donors (Lipinski definition) is 0. The average Bonchev–Trinajstić information content (AvgIpc) is 3.75. The number of amides is 4. The Hall–Kier alpha value is -3.04. The fourth-order valence-corrected chi connectivity index (χ4v) is 8.00. The third kappa shape index (κ3) is 6.61. The second-order valence-electron chi connectivity index (χ2n) is 13.1. The van der Waals surface area contributed by atoms with Gasteiger partial charge >= 0.3 is 0 Å². The van der Waals surface area contributed by atoms with E-state index in [2.05, 4.69) is 0 Å². The normalized spacial score (nSPS) is 23.8. The van der Waals surface area contributed by atoms with E-state index in [4.69, 9.17) is 55.9 Å². The molecule has 2 unspecified atom stereocenters. The molecule has 4 bridgehead atoms. The summed E-state index contributed by atoms with van der Waals surface area (Å²) in [7, 11) is 0. The van der Waals surface area contributed by atoms with E-state index in [1.807, 2.05) is 6.08 Å². The van der Waals surface area contributed by atoms with E-state index in [9.17, 15) is 19.2 Å². The van der Waals surface area contributed by atoms with Crippen molar-refractivity contribution >= 4 is 81.4 Å². The maximum atomic E-state index is 12.8. The molecule has 2 heterocycles. The number of halogens is 4. The smallest absolute Gasteiger partial charge is 0.260 e. The van der Waals surface area contributed by atoms with Crippen LogP contribution in [0.1, 0.15) is 77.0 Å². The summed E-state index contributed by atoms with van der Waals surface area (Å²) in [5.41, 5.74) is 2.11. The maximum Gasteiger partial charge on any atom is 0.260 e. The molecule has 2 saturated carbocycles. The van der Waals surface area contributed by atoms with Gasteiger partial charge in [-0.25, -0.2) is 9.80 Å². The molecule has 12 heteroatoms. The van der Waals surface area contributed by atoms with Crippen LogP contribution in [0.25, 0.3) is 0 Å². The minimum absolute atomic E-state index is 0.126. The molecule has 0 spiro atoms. The summed E-state index contributed by atoms with van der Waals surface area (Å²) < 4.78 is 11.8. The van der Waals surface area contributed by atoms with Crippen molar-refractivity contribution in [2.24, 2.45) is 11.8 Å². The van der Waals surface area contributed by atoms with E-state index < -0.39 is 0 Å². The van der Waals surface area contributed by atoms with E-state index in [-0.39, 0.29) is 57.7 Å². The molecule has 2 atom stereocenters. The van der Waals surface area contributed by atoms with Crippen LogP contribution >= 0.6 is 46.4 Å². The van der Waals surface area contributed by atoms with Crippen LogP contribution < -0.4 is 19.3 Å². The average molecular weight is 732 g/mol. The molecule has 0 aromatic heterocycles. The number of anilines is 2. The monoisotopic (exact) mass is 730 g/mol. The summed E-state index contributed by atoms with van der Waals surface area (Å²) in [6.07, 6.45) is 14.8. The fourth-order valence-electron chi connectivity index (χ4n) is 6.98. The first-order valence-electron chi connectivity index (χ1n) is 16.6. The highest BCUT2D eigenvalue weighted by molar-refractivity contribution is 6.40. The Morgan fingerprint density at radius 2 is 0.938 bits per heavy atom. The zero-order valence-electron chi connectivity index (χ0n) is 26.1. The molecule has 2 fully saturated rings. The van der Waals surface area contributed by atoms with Crippen molar-refractivity contribution in [3.63, 3.8) is 0 Å². The standard InChI is InChI=1S/C19H19Cl2NO3.C17H15Cl2NO3/c20-14-9-15(21)17(25-13-6-1-2-7-13)10-16(14)22-18(23)11-4-3-5-12(8-11)19(22)24;18-12-7-13(19)15(23-11-4-5-11)8-14(12)20-16(21)9-2-1-3-10(6-9)17(20)22/h8-11,13H,1-7H2;6-9,11H,1-5H2. The van der Waals surface area contributed by atoms with Gasteiger partial charge in [0.25, 0.3) is 11.8 Å². The third-order valence-corrected chi connectivity index (χ3v) is 10.9. The van der Waals surface area contributed by atoms with Crippen molar-refractivity contribution in [1.82, 2.24) is 0 Å². The van der Waals surface area contributed by atoms with Crippen LogP contribution in [0.2, 0.25) is 20.1 Å². The molecule has 2 aromatic carbocycles. The Kier molecular flexibility index (Phi) is 9.55. The Balaban J connectivity index is 0.000000152. The lowest BCUT2D eigenvalue weighted by Crippen LogP contribution is -2.46. The SMILES string of the molecule is O=C1C2=CC(CCC2)C(=O)N1c1cc(OC2CC2)c(Cl)cc1Cl.O=C1C2=CC(CCC2)C(=O)N1c1cc(OC2CCCC2)c(Cl)cc1Cl. The number of benzene rings is 2. The quantitative estimate of drug-likeness (QED) is 0.275. The highest BCUT2D eigenvalue weighted by atomic mass is 35.5. The van der Waals surface area contributed by atoms with Gasteiger partial charge in [0.15, 0.2) is 0 Å². The Morgan fingerprint density at radius 3 is 1.35 bits per heavy atom. The first-order valence-corrected chi connectivity index (χ1v) is 18.1. The summed E-state index contributed by atoms with van der Waals surface area (Å²) in [6, 6.07) is 6.35. The summed E-state index contributed by atoms with van der Waals surface area (Å²) in [4.78, 5) is 53.2. The number of carbonyl (C=O) groups excluding carboxylic acids is 4. The molecular formula is C36H34Cl4N2O6. The molecule has 2 aliphatic heterocycles. The summed E-state index contributed by atoms with van der Waals surface area (Å²) in [6.45, 7) is 0. The number of rotatable bonds is 6. The molecule has 48 heavy (non-hydrogen) atoms. The van der Waals surface area contributed by atoms with Gasteiger partial charge in [0, 0.05) is 23.3 Å². The van der Waals surface area contributed by atoms with Crippen molar-refractivity contribution in [3.05, 3.63) is 67.7 Å². The van der Waals surface area contributed by atoms with Crippen LogP contribution in [0.4, 0.5) is 11.4 Å². The predicted molar refractivity (Wildman–Crippen MR) is 185 cm³/mol. The first-order chi connectivity index (χ1) is 23.1. The zero-order chi connectivity index (χ0) is 33.7. The van der Waals surface area contributed by atoms with Crippen LogP contribution in [0.15, 0.2) is 47.6 Å².